The molecular formula is C17H28N2O2. The van der Waals surface area contributed by atoms with Crippen LogP contribution in [-0.2, 0) is 17.6 Å². The summed E-state index contributed by atoms with van der Waals surface area (Å²) in [6.45, 7) is 6.13. The normalized spacial score (nSPS) is 22.5. The third kappa shape index (κ3) is 3.20. The number of ketones is 1. The van der Waals surface area contributed by atoms with Crippen molar-refractivity contribution in [3.63, 3.8) is 0 Å². The minimum absolute atomic E-state index is 0.231. The summed E-state index contributed by atoms with van der Waals surface area (Å²) < 4.78 is 7.69. The number of carbonyl (C=O) groups excluding carboxylic acids is 1. The average Bonchev–Trinajstić information content (AvgIpc) is 2.92. The number of hydrogen-bond donors (Lipinski definition) is 0. The number of nitrogens with zero attached hydrogens (tertiary/aromatic N) is 2. The molecule has 0 spiro atoms. The maximum absolute atomic E-state index is 12.3. The molecule has 4 nitrogen and oxygen atoms in total. The van der Waals surface area contributed by atoms with Crippen molar-refractivity contribution in [2.45, 2.75) is 77.9 Å². The van der Waals surface area contributed by atoms with E-state index in [0.717, 1.165) is 49.1 Å². The molecule has 0 aliphatic heterocycles. The van der Waals surface area contributed by atoms with Crippen molar-refractivity contribution in [2.75, 3.05) is 7.11 Å². The quantitative estimate of drug-likeness (QED) is 0.750. The maximum Gasteiger partial charge on any atom is 0.166 e. The van der Waals surface area contributed by atoms with Crippen molar-refractivity contribution >= 4 is 5.78 Å². The Balaban J connectivity index is 2.39. The zero-order valence-corrected chi connectivity index (χ0v) is 13.8. The van der Waals surface area contributed by atoms with E-state index < -0.39 is 0 Å². The molecule has 0 saturated heterocycles. The molecule has 2 atom stereocenters. The van der Waals surface area contributed by atoms with Crippen molar-refractivity contribution in [3.8, 4) is 0 Å². The van der Waals surface area contributed by atoms with Gasteiger partial charge in [0.1, 0.15) is 0 Å². The molecule has 1 heterocycles. The number of Topliss-reactive ketones (excluding diaryl/α,β-unsaturated/α-hetero) is 1. The summed E-state index contributed by atoms with van der Waals surface area (Å²) >= 11 is 0. The van der Waals surface area contributed by atoms with Crippen molar-refractivity contribution in [2.24, 2.45) is 0 Å². The molecule has 0 amide bonds. The minimum Gasteiger partial charge on any atom is -0.381 e. The van der Waals surface area contributed by atoms with Gasteiger partial charge in [0.15, 0.2) is 5.78 Å². The lowest BCUT2D eigenvalue weighted by Crippen LogP contribution is -2.26. The van der Waals surface area contributed by atoms with Gasteiger partial charge in [-0.3, -0.25) is 9.48 Å². The van der Waals surface area contributed by atoms with E-state index in [2.05, 4.69) is 18.5 Å². The molecule has 1 fully saturated rings. The third-order valence-corrected chi connectivity index (χ3v) is 4.63. The lowest BCUT2D eigenvalue weighted by Gasteiger charge is -2.29. The fourth-order valence-electron chi connectivity index (χ4n) is 3.46. The zero-order chi connectivity index (χ0) is 15.4. The second-order valence-electron chi connectivity index (χ2n) is 5.87. The Morgan fingerprint density at radius 2 is 2.05 bits per heavy atom. The van der Waals surface area contributed by atoms with Gasteiger partial charge in [-0.1, -0.05) is 20.8 Å². The molecule has 1 aromatic rings. The summed E-state index contributed by atoms with van der Waals surface area (Å²) in [6.07, 6.45) is 7.02. The molecule has 1 saturated carbocycles. The van der Waals surface area contributed by atoms with E-state index in [4.69, 9.17) is 9.84 Å². The molecule has 2 rings (SSSR count). The number of aryl methyl sites for hydroxylation is 1. The van der Waals surface area contributed by atoms with Crippen LogP contribution in [0.15, 0.2) is 0 Å². The molecule has 0 bridgehead atoms. The van der Waals surface area contributed by atoms with Gasteiger partial charge in [0.05, 0.1) is 23.4 Å². The Labute approximate surface area is 127 Å². The van der Waals surface area contributed by atoms with E-state index in [0.29, 0.717) is 18.6 Å². The van der Waals surface area contributed by atoms with Crippen molar-refractivity contribution in [3.05, 3.63) is 17.0 Å². The predicted molar refractivity (Wildman–Crippen MR) is 83.9 cm³/mol. The highest BCUT2D eigenvalue weighted by atomic mass is 16.5. The number of hydrogen-bond acceptors (Lipinski definition) is 3. The van der Waals surface area contributed by atoms with Crippen LogP contribution in [-0.4, -0.2) is 28.8 Å². The standard InChI is InChI=1S/C17H28N2O2/c1-5-14-17(16(20)7-3)15(6-2)19(18-14)12-9-8-10-13(11-12)21-4/h12-13H,5-11H2,1-4H3. The first kappa shape index (κ1) is 16.2. The Bertz CT molecular complexity index is 493. The van der Waals surface area contributed by atoms with Gasteiger partial charge in [-0.15, -0.1) is 0 Å². The van der Waals surface area contributed by atoms with Gasteiger partial charge < -0.3 is 4.74 Å². The molecule has 21 heavy (non-hydrogen) atoms. The van der Waals surface area contributed by atoms with E-state index in [1.807, 2.05) is 6.92 Å². The summed E-state index contributed by atoms with van der Waals surface area (Å²) in [6, 6.07) is 0.377. The molecule has 1 aliphatic carbocycles. The summed E-state index contributed by atoms with van der Waals surface area (Å²) in [5, 5.41) is 4.80. The van der Waals surface area contributed by atoms with Gasteiger partial charge in [0, 0.05) is 19.2 Å². The lowest BCUT2D eigenvalue weighted by atomic mass is 9.92. The lowest BCUT2D eigenvalue weighted by molar-refractivity contribution is 0.0502. The van der Waals surface area contributed by atoms with Crippen LogP contribution in [0.2, 0.25) is 0 Å². The topological polar surface area (TPSA) is 44.1 Å². The predicted octanol–water partition coefficient (Wildman–Crippen LogP) is 3.73. The van der Waals surface area contributed by atoms with Crippen LogP contribution in [0, 0.1) is 0 Å². The van der Waals surface area contributed by atoms with Crippen LogP contribution in [0.1, 0.15) is 80.7 Å². The van der Waals surface area contributed by atoms with E-state index in [-0.39, 0.29) is 5.78 Å². The number of methoxy groups -OCH3 is 1. The first-order valence-corrected chi connectivity index (χ1v) is 8.32. The number of rotatable bonds is 6. The molecule has 1 aliphatic rings. The monoisotopic (exact) mass is 292 g/mol. The van der Waals surface area contributed by atoms with Crippen molar-refractivity contribution < 1.29 is 9.53 Å². The van der Waals surface area contributed by atoms with Gasteiger partial charge in [0.25, 0.3) is 0 Å². The molecule has 0 N–H and O–H groups in total. The van der Waals surface area contributed by atoms with Gasteiger partial charge >= 0.3 is 0 Å². The summed E-state index contributed by atoms with van der Waals surface area (Å²) in [7, 11) is 1.79. The van der Waals surface area contributed by atoms with E-state index in [1.165, 1.54) is 6.42 Å². The zero-order valence-electron chi connectivity index (χ0n) is 13.8. The Morgan fingerprint density at radius 1 is 1.29 bits per heavy atom. The van der Waals surface area contributed by atoms with Gasteiger partial charge in [0.2, 0.25) is 0 Å². The average molecular weight is 292 g/mol. The van der Waals surface area contributed by atoms with E-state index >= 15 is 0 Å². The number of aromatic nitrogens is 2. The fourth-order valence-corrected chi connectivity index (χ4v) is 3.46. The summed E-state index contributed by atoms with van der Waals surface area (Å²) in [4.78, 5) is 12.3. The SMILES string of the molecule is CCC(=O)c1c(CC)nn(C2CCCC(OC)C2)c1CC. The number of ether oxygens (including phenoxy) is 1. The van der Waals surface area contributed by atoms with Crippen LogP contribution >= 0.6 is 0 Å². The highest BCUT2D eigenvalue weighted by molar-refractivity contribution is 5.98. The molecule has 4 heteroatoms. The smallest absolute Gasteiger partial charge is 0.166 e. The van der Waals surface area contributed by atoms with Crippen molar-refractivity contribution in [1.82, 2.24) is 9.78 Å². The molecule has 1 aromatic heterocycles. The van der Waals surface area contributed by atoms with Crippen molar-refractivity contribution in [1.29, 1.82) is 0 Å². The molecule has 0 radical (unpaired) electrons. The second-order valence-corrected chi connectivity index (χ2v) is 5.87. The van der Waals surface area contributed by atoms with E-state index in [1.54, 1.807) is 7.11 Å². The first-order valence-electron chi connectivity index (χ1n) is 8.32. The molecular weight excluding hydrogens is 264 g/mol. The van der Waals surface area contributed by atoms with Crippen LogP contribution in [0.4, 0.5) is 0 Å². The molecule has 118 valence electrons. The first-order chi connectivity index (χ1) is 10.2. The van der Waals surface area contributed by atoms with Crippen LogP contribution in [0.5, 0.6) is 0 Å². The Hall–Kier alpha value is -1.16. The largest absolute Gasteiger partial charge is 0.381 e. The summed E-state index contributed by atoms with van der Waals surface area (Å²) in [5.74, 6) is 0.231. The molecule has 2 unspecified atom stereocenters. The van der Waals surface area contributed by atoms with E-state index in [9.17, 15) is 4.79 Å². The Kier molecular flexibility index (Phi) is 5.57. The number of carbonyl (C=O) groups is 1. The van der Waals surface area contributed by atoms with Crippen LogP contribution in [0.3, 0.4) is 0 Å². The maximum atomic E-state index is 12.3. The molecule has 0 aromatic carbocycles. The third-order valence-electron chi connectivity index (χ3n) is 4.63. The minimum atomic E-state index is 0.231. The van der Waals surface area contributed by atoms with Crippen LogP contribution in [0.25, 0.3) is 0 Å². The highest BCUT2D eigenvalue weighted by Crippen LogP contribution is 2.32. The summed E-state index contributed by atoms with van der Waals surface area (Å²) in [5.41, 5.74) is 2.99. The van der Waals surface area contributed by atoms with Gasteiger partial charge in [-0.25, -0.2) is 0 Å². The van der Waals surface area contributed by atoms with Gasteiger partial charge in [-0.05, 0) is 38.5 Å². The fraction of sp³-hybridized carbons (Fsp3) is 0.765. The highest BCUT2D eigenvalue weighted by Gasteiger charge is 2.28. The second kappa shape index (κ2) is 7.21. The Morgan fingerprint density at radius 3 is 2.62 bits per heavy atom. The van der Waals surface area contributed by atoms with Gasteiger partial charge in [-0.2, -0.15) is 5.10 Å². The van der Waals surface area contributed by atoms with Crippen LogP contribution < -0.4 is 0 Å².